The molecular formula is C17H16N2O2. The standard InChI is InChI=1S/C10H9N.C7H7NO2/c11-10-7-3-5-8-4-1-2-6-9(8)10;8-6-3-1-5(2-4-6)7(9)10/h1-7H,11H2;1-4H,8H2,(H,9,10). The van der Waals surface area contributed by atoms with Crippen LogP contribution in [-0.4, -0.2) is 11.1 Å². The fourth-order valence-electron chi connectivity index (χ4n) is 1.88. The van der Waals surface area contributed by atoms with E-state index in [1.54, 1.807) is 12.1 Å². The summed E-state index contributed by atoms with van der Waals surface area (Å²) in [6.07, 6.45) is 0. The van der Waals surface area contributed by atoms with Gasteiger partial charge >= 0.3 is 5.97 Å². The van der Waals surface area contributed by atoms with Crippen molar-refractivity contribution in [3.63, 3.8) is 0 Å². The Morgan fingerprint density at radius 3 is 2.05 bits per heavy atom. The number of carboxylic acids is 1. The molecule has 0 aliphatic heterocycles. The molecule has 0 saturated carbocycles. The van der Waals surface area contributed by atoms with E-state index in [1.165, 1.54) is 17.5 Å². The van der Waals surface area contributed by atoms with Gasteiger partial charge < -0.3 is 16.6 Å². The van der Waals surface area contributed by atoms with Crippen LogP contribution in [0.3, 0.4) is 0 Å². The Morgan fingerprint density at radius 1 is 0.810 bits per heavy atom. The first kappa shape index (κ1) is 14.4. The van der Waals surface area contributed by atoms with Gasteiger partial charge in [0.15, 0.2) is 0 Å². The van der Waals surface area contributed by atoms with Crippen molar-refractivity contribution in [2.24, 2.45) is 0 Å². The Morgan fingerprint density at radius 2 is 1.43 bits per heavy atom. The van der Waals surface area contributed by atoms with E-state index in [0.29, 0.717) is 5.69 Å². The lowest BCUT2D eigenvalue weighted by Crippen LogP contribution is -1.95. The smallest absolute Gasteiger partial charge is 0.335 e. The molecule has 4 heteroatoms. The molecule has 0 heterocycles. The molecule has 0 unspecified atom stereocenters. The fourth-order valence-corrected chi connectivity index (χ4v) is 1.88. The zero-order valence-corrected chi connectivity index (χ0v) is 11.4. The molecule has 21 heavy (non-hydrogen) atoms. The normalized spacial score (nSPS) is 9.71. The van der Waals surface area contributed by atoms with Gasteiger partial charge in [-0.2, -0.15) is 0 Å². The molecule has 3 aromatic carbocycles. The number of nitrogens with two attached hydrogens (primary N) is 2. The second kappa shape index (κ2) is 6.43. The lowest BCUT2D eigenvalue weighted by molar-refractivity contribution is 0.0697. The van der Waals surface area contributed by atoms with Crippen LogP contribution in [0, 0.1) is 0 Å². The number of benzene rings is 3. The highest BCUT2D eigenvalue weighted by molar-refractivity contribution is 5.92. The van der Waals surface area contributed by atoms with Crippen LogP contribution in [0.15, 0.2) is 66.7 Å². The molecule has 0 bridgehead atoms. The average molecular weight is 280 g/mol. The van der Waals surface area contributed by atoms with Gasteiger partial charge in [-0.3, -0.25) is 0 Å². The average Bonchev–Trinajstić information content (AvgIpc) is 2.49. The van der Waals surface area contributed by atoms with E-state index in [9.17, 15) is 4.79 Å². The van der Waals surface area contributed by atoms with E-state index in [2.05, 4.69) is 12.1 Å². The van der Waals surface area contributed by atoms with Gasteiger partial charge in [0.1, 0.15) is 0 Å². The molecule has 3 aromatic rings. The molecule has 0 saturated heterocycles. The summed E-state index contributed by atoms with van der Waals surface area (Å²) in [6, 6.07) is 20.1. The van der Waals surface area contributed by atoms with Gasteiger partial charge in [0.25, 0.3) is 0 Å². The third-order valence-electron chi connectivity index (χ3n) is 2.98. The number of rotatable bonds is 1. The molecule has 0 radical (unpaired) electrons. The Labute approximate surface area is 122 Å². The van der Waals surface area contributed by atoms with Gasteiger partial charge in [-0.25, -0.2) is 4.79 Å². The van der Waals surface area contributed by atoms with Gasteiger partial charge in [0.05, 0.1) is 5.56 Å². The van der Waals surface area contributed by atoms with Gasteiger partial charge in [0.2, 0.25) is 0 Å². The van der Waals surface area contributed by atoms with Crippen LogP contribution in [0.4, 0.5) is 11.4 Å². The molecule has 3 rings (SSSR count). The number of hydrogen-bond acceptors (Lipinski definition) is 3. The highest BCUT2D eigenvalue weighted by Gasteiger charge is 1.98. The van der Waals surface area contributed by atoms with Crippen LogP contribution in [0.25, 0.3) is 10.8 Å². The Kier molecular flexibility index (Phi) is 4.41. The summed E-state index contributed by atoms with van der Waals surface area (Å²) < 4.78 is 0. The maximum absolute atomic E-state index is 10.3. The van der Waals surface area contributed by atoms with Gasteiger partial charge in [0, 0.05) is 16.8 Å². The summed E-state index contributed by atoms with van der Waals surface area (Å²) >= 11 is 0. The van der Waals surface area contributed by atoms with Crippen LogP contribution in [0.5, 0.6) is 0 Å². The van der Waals surface area contributed by atoms with Crippen molar-refractivity contribution in [1.82, 2.24) is 0 Å². The molecule has 5 N–H and O–H groups in total. The summed E-state index contributed by atoms with van der Waals surface area (Å²) in [5.41, 5.74) is 12.8. The molecule has 4 nitrogen and oxygen atoms in total. The van der Waals surface area contributed by atoms with Crippen molar-refractivity contribution in [1.29, 1.82) is 0 Å². The number of carboxylic acid groups (broad SMARTS) is 1. The van der Waals surface area contributed by atoms with Crippen LogP contribution >= 0.6 is 0 Å². The third-order valence-corrected chi connectivity index (χ3v) is 2.98. The predicted molar refractivity (Wildman–Crippen MR) is 86.2 cm³/mol. The van der Waals surface area contributed by atoms with Crippen molar-refractivity contribution < 1.29 is 9.90 Å². The van der Waals surface area contributed by atoms with E-state index >= 15 is 0 Å². The summed E-state index contributed by atoms with van der Waals surface area (Å²) in [5, 5.41) is 10.8. The molecule has 106 valence electrons. The van der Waals surface area contributed by atoms with Crippen LogP contribution in [0.2, 0.25) is 0 Å². The summed E-state index contributed by atoms with van der Waals surface area (Å²) in [6.45, 7) is 0. The zero-order valence-electron chi connectivity index (χ0n) is 11.4. The summed E-state index contributed by atoms with van der Waals surface area (Å²) in [7, 11) is 0. The minimum Gasteiger partial charge on any atom is -0.478 e. The second-order valence-corrected chi connectivity index (χ2v) is 4.50. The molecule has 0 aliphatic carbocycles. The molecule has 0 atom stereocenters. The number of nitrogen functional groups attached to an aromatic ring is 2. The highest BCUT2D eigenvalue weighted by Crippen LogP contribution is 2.19. The van der Waals surface area contributed by atoms with E-state index < -0.39 is 5.97 Å². The first-order valence-electron chi connectivity index (χ1n) is 6.40. The fraction of sp³-hybridized carbons (Fsp3) is 0. The summed E-state index contributed by atoms with van der Waals surface area (Å²) in [5.74, 6) is -0.931. The Bertz CT molecular complexity index is 747. The molecule has 0 aromatic heterocycles. The number of hydrogen-bond donors (Lipinski definition) is 3. The van der Waals surface area contributed by atoms with Crippen LogP contribution in [0.1, 0.15) is 10.4 Å². The minimum absolute atomic E-state index is 0.259. The van der Waals surface area contributed by atoms with Crippen LogP contribution < -0.4 is 11.5 Å². The molecule has 0 fully saturated rings. The lowest BCUT2D eigenvalue weighted by Gasteiger charge is -1.98. The van der Waals surface area contributed by atoms with E-state index in [4.69, 9.17) is 16.6 Å². The maximum atomic E-state index is 10.3. The topological polar surface area (TPSA) is 89.3 Å². The second-order valence-electron chi connectivity index (χ2n) is 4.50. The van der Waals surface area contributed by atoms with E-state index in [0.717, 1.165) is 11.1 Å². The third kappa shape index (κ3) is 3.73. The predicted octanol–water partition coefficient (Wildman–Crippen LogP) is 3.39. The first-order valence-corrected chi connectivity index (χ1v) is 6.40. The van der Waals surface area contributed by atoms with Crippen molar-refractivity contribution in [2.75, 3.05) is 11.5 Å². The molecular weight excluding hydrogens is 264 g/mol. The number of fused-ring (bicyclic) bond motifs is 1. The quantitative estimate of drug-likeness (QED) is 0.596. The largest absolute Gasteiger partial charge is 0.478 e. The SMILES string of the molecule is Nc1ccc(C(=O)O)cc1.Nc1cccc2ccccc12. The van der Waals surface area contributed by atoms with E-state index in [1.807, 2.05) is 30.3 Å². The number of anilines is 2. The van der Waals surface area contributed by atoms with Crippen molar-refractivity contribution in [3.8, 4) is 0 Å². The lowest BCUT2D eigenvalue weighted by atomic mass is 10.1. The van der Waals surface area contributed by atoms with Crippen molar-refractivity contribution in [3.05, 3.63) is 72.3 Å². The zero-order chi connectivity index (χ0) is 15.2. The van der Waals surface area contributed by atoms with E-state index in [-0.39, 0.29) is 5.56 Å². The summed E-state index contributed by atoms with van der Waals surface area (Å²) in [4.78, 5) is 10.3. The number of carbonyl (C=O) groups is 1. The monoisotopic (exact) mass is 280 g/mol. The van der Waals surface area contributed by atoms with Gasteiger partial charge in [-0.1, -0.05) is 36.4 Å². The van der Waals surface area contributed by atoms with Gasteiger partial charge in [-0.05, 0) is 35.7 Å². The maximum Gasteiger partial charge on any atom is 0.335 e. The Balaban J connectivity index is 0.000000155. The number of aromatic carboxylic acids is 1. The molecule has 0 spiro atoms. The minimum atomic E-state index is -0.931. The van der Waals surface area contributed by atoms with Gasteiger partial charge in [-0.15, -0.1) is 0 Å². The molecule has 0 aliphatic rings. The highest BCUT2D eigenvalue weighted by atomic mass is 16.4. The molecule has 0 amide bonds. The Hall–Kier alpha value is -3.01. The first-order chi connectivity index (χ1) is 10.1. The van der Waals surface area contributed by atoms with Crippen molar-refractivity contribution in [2.45, 2.75) is 0 Å². The van der Waals surface area contributed by atoms with Crippen LogP contribution in [-0.2, 0) is 0 Å². The van der Waals surface area contributed by atoms with Crippen molar-refractivity contribution >= 4 is 28.1 Å².